The van der Waals surface area contributed by atoms with E-state index in [0.29, 0.717) is 28.4 Å². The van der Waals surface area contributed by atoms with Crippen LogP contribution in [0, 0.1) is 0 Å². The Morgan fingerprint density at radius 1 is 1.26 bits per heavy atom. The van der Waals surface area contributed by atoms with Crippen molar-refractivity contribution < 1.29 is 19.7 Å². The molecule has 4 aromatic rings. The lowest BCUT2D eigenvalue weighted by atomic mass is 10.2. The Bertz CT molecular complexity index is 1150. The van der Waals surface area contributed by atoms with Crippen LogP contribution in [0.3, 0.4) is 0 Å². The fourth-order valence-electron chi connectivity index (χ4n) is 3.01. The molecule has 4 rings (SSSR count). The number of hydrogen-bond acceptors (Lipinski definition) is 5. The molecule has 2 N–H and O–H groups in total. The van der Waals surface area contributed by atoms with E-state index in [0.717, 1.165) is 15.0 Å². The van der Waals surface area contributed by atoms with Crippen molar-refractivity contribution in [3.8, 4) is 5.75 Å². The highest BCUT2D eigenvalue weighted by Gasteiger charge is 2.20. The molecule has 0 atom stereocenters. The van der Waals surface area contributed by atoms with E-state index in [4.69, 9.17) is 21.4 Å². The molecule has 0 spiro atoms. The minimum atomic E-state index is -1.11. The third-order valence-corrected chi connectivity index (χ3v) is 5.45. The van der Waals surface area contributed by atoms with Crippen LogP contribution >= 0.6 is 22.9 Å². The number of benzene rings is 2. The number of aromatic nitrogens is 2. The molecular weight excluding hydrogens is 388 g/mol. The summed E-state index contributed by atoms with van der Waals surface area (Å²) in [5.41, 5.74) is 1.13. The summed E-state index contributed by atoms with van der Waals surface area (Å²) in [6, 6.07) is 13.0. The number of ether oxygens (including phenoxy) is 1. The van der Waals surface area contributed by atoms with E-state index in [1.165, 1.54) is 0 Å². The fraction of sp³-hybridized carbons (Fsp3) is 0.158. The molecule has 27 heavy (non-hydrogen) atoms. The zero-order valence-electron chi connectivity index (χ0n) is 14.1. The number of fused-ring (bicyclic) bond motifs is 2. The van der Waals surface area contributed by atoms with Gasteiger partial charge in [0.1, 0.15) is 17.9 Å². The maximum Gasteiger partial charge on any atom is 0.372 e. The first-order valence-electron chi connectivity index (χ1n) is 8.21. The van der Waals surface area contributed by atoms with Crippen LogP contribution in [0.5, 0.6) is 5.75 Å². The van der Waals surface area contributed by atoms with Crippen LogP contribution < -0.4 is 4.74 Å². The summed E-state index contributed by atoms with van der Waals surface area (Å²) in [4.78, 5) is 17.0. The maximum absolute atomic E-state index is 11.7. The maximum atomic E-state index is 11.7. The Hall–Kier alpha value is -2.61. The van der Waals surface area contributed by atoms with E-state index in [1.54, 1.807) is 28.0 Å². The first-order chi connectivity index (χ1) is 13.1. The third kappa shape index (κ3) is 3.37. The van der Waals surface area contributed by atoms with Gasteiger partial charge in [-0.1, -0.05) is 23.7 Å². The number of carbonyl (C=O) groups is 1. The Morgan fingerprint density at radius 2 is 2.11 bits per heavy atom. The SMILES string of the molecule is O=C(O)c1nc2c(OCCO)cccc2n1Cc1cc2ccc(Cl)cc2s1. The van der Waals surface area contributed by atoms with Gasteiger partial charge in [-0.15, -0.1) is 11.3 Å². The molecule has 0 aliphatic carbocycles. The first-order valence-corrected chi connectivity index (χ1v) is 9.40. The van der Waals surface area contributed by atoms with Crippen LogP contribution in [0.4, 0.5) is 0 Å². The van der Waals surface area contributed by atoms with Gasteiger partial charge in [0, 0.05) is 14.6 Å². The molecule has 0 aliphatic rings. The largest absolute Gasteiger partial charge is 0.489 e. The average molecular weight is 403 g/mol. The van der Waals surface area contributed by atoms with Crippen LogP contribution in [0.15, 0.2) is 42.5 Å². The second kappa shape index (κ2) is 7.19. The van der Waals surface area contributed by atoms with Crippen molar-refractivity contribution >= 4 is 50.0 Å². The normalized spacial score (nSPS) is 11.3. The van der Waals surface area contributed by atoms with Gasteiger partial charge < -0.3 is 19.5 Å². The Balaban J connectivity index is 1.81. The van der Waals surface area contributed by atoms with Crippen LogP contribution in [-0.4, -0.2) is 38.9 Å². The molecule has 0 unspecified atom stereocenters. The average Bonchev–Trinajstić information content (AvgIpc) is 3.21. The van der Waals surface area contributed by atoms with Gasteiger partial charge in [0.25, 0.3) is 0 Å². The molecule has 8 heteroatoms. The molecule has 0 aliphatic heterocycles. The summed E-state index contributed by atoms with van der Waals surface area (Å²) in [7, 11) is 0. The summed E-state index contributed by atoms with van der Waals surface area (Å²) in [5, 5.41) is 20.3. The highest BCUT2D eigenvalue weighted by Crippen LogP contribution is 2.31. The Labute approximate surface area is 163 Å². The topological polar surface area (TPSA) is 84.6 Å². The molecule has 0 fully saturated rings. The first kappa shape index (κ1) is 17.8. The van der Waals surface area contributed by atoms with Gasteiger partial charge in [-0.2, -0.15) is 0 Å². The molecule has 2 aromatic heterocycles. The molecule has 0 saturated heterocycles. The Morgan fingerprint density at radius 3 is 2.89 bits per heavy atom. The molecular formula is C19H15ClN2O4S. The summed E-state index contributed by atoms with van der Waals surface area (Å²) < 4.78 is 8.21. The second-order valence-electron chi connectivity index (χ2n) is 5.92. The van der Waals surface area contributed by atoms with Gasteiger partial charge in [0.2, 0.25) is 5.82 Å². The van der Waals surface area contributed by atoms with Gasteiger partial charge in [-0.3, -0.25) is 0 Å². The van der Waals surface area contributed by atoms with Gasteiger partial charge in [0.15, 0.2) is 0 Å². The number of aliphatic hydroxyl groups is 1. The molecule has 0 radical (unpaired) electrons. The Kier molecular flexibility index (Phi) is 4.73. The van der Waals surface area contributed by atoms with Crippen LogP contribution in [0.25, 0.3) is 21.1 Å². The number of thiophene rings is 1. The van der Waals surface area contributed by atoms with Crippen molar-refractivity contribution in [3.05, 3.63) is 58.2 Å². The number of imidazole rings is 1. The zero-order valence-corrected chi connectivity index (χ0v) is 15.6. The van der Waals surface area contributed by atoms with Crippen LogP contribution in [-0.2, 0) is 6.54 Å². The molecule has 2 aromatic carbocycles. The summed E-state index contributed by atoms with van der Waals surface area (Å²) in [5.74, 6) is -0.713. The van der Waals surface area contributed by atoms with Gasteiger partial charge in [-0.25, -0.2) is 9.78 Å². The van der Waals surface area contributed by atoms with E-state index in [9.17, 15) is 9.90 Å². The fourth-order valence-corrected chi connectivity index (χ4v) is 4.34. The van der Waals surface area contributed by atoms with Crippen molar-refractivity contribution in [3.63, 3.8) is 0 Å². The van der Waals surface area contributed by atoms with Gasteiger partial charge >= 0.3 is 5.97 Å². The number of para-hydroxylation sites is 1. The van der Waals surface area contributed by atoms with E-state index in [-0.39, 0.29) is 19.0 Å². The van der Waals surface area contributed by atoms with Crippen LogP contribution in [0.2, 0.25) is 5.02 Å². The molecule has 138 valence electrons. The molecule has 0 bridgehead atoms. The smallest absolute Gasteiger partial charge is 0.372 e. The van der Waals surface area contributed by atoms with Crippen LogP contribution in [0.1, 0.15) is 15.5 Å². The lowest BCUT2D eigenvalue weighted by Crippen LogP contribution is -2.09. The highest BCUT2D eigenvalue weighted by atomic mass is 35.5. The third-order valence-electron chi connectivity index (χ3n) is 4.13. The zero-order chi connectivity index (χ0) is 19.0. The number of halogens is 1. The minimum absolute atomic E-state index is 0.0551. The molecule has 0 saturated carbocycles. The van der Waals surface area contributed by atoms with Gasteiger partial charge in [-0.05, 0) is 35.7 Å². The highest BCUT2D eigenvalue weighted by molar-refractivity contribution is 7.19. The van der Waals surface area contributed by atoms with Crippen molar-refractivity contribution in [2.75, 3.05) is 13.2 Å². The summed E-state index contributed by atoms with van der Waals surface area (Å²) in [6.45, 7) is 0.358. The number of aromatic carboxylic acids is 1. The summed E-state index contributed by atoms with van der Waals surface area (Å²) in [6.07, 6.45) is 0. The van der Waals surface area contributed by atoms with Gasteiger partial charge in [0.05, 0.1) is 18.7 Å². The second-order valence-corrected chi connectivity index (χ2v) is 7.52. The minimum Gasteiger partial charge on any atom is -0.489 e. The van der Waals surface area contributed by atoms with Crippen molar-refractivity contribution in [2.45, 2.75) is 6.54 Å². The predicted molar refractivity (Wildman–Crippen MR) is 105 cm³/mol. The summed E-state index contributed by atoms with van der Waals surface area (Å²) >= 11 is 7.62. The number of rotatable bonds is 6. The number of aliphatic hydroxyl groups excluding tert-OH is 1. The monoisotopic (exact) mass is 402 g/mol. The van der Waals surface area contributed by atoms with E-state index >= 15 is 0 Å². The quantitative estimate of drug-likeness (QED) is 0.508. The van der Waals surface area contributed by atoms with E-state index in [2.05, 4.69) is 4.98 Å². The molecule has 2 heterocycles. The lowest BCUT2D eigenvalue weighted by Gasteiger charge is -2.07. The van der Waals surface area contributed by atoms with Crippen molar-refractivity contribution in [1.82, 2.24) is 9.55 Å². The number of nitrogens with zero attached hydrogens (tertiary/aromatic N) is 2. The van der Waals surface area contributed by atoms with Crippen molar-refractivity contribution in [1.29, 1.82) is 0 Å². The van der Waals surface area contributed by atoms with E-state index in [1.807, 2.05) is 30.3 Å². The number of carboxylic acid groups (broad SMARTS) is 1. The standard InChI is InChI=1S/C19H15ClN2O4S/c20-12-5-4-11-8-13(27-16(11)9-12)10-22-14-2-1-3-15(26-7-6-23)17(14)21-18(22)19(24)25/h1-5,8-9,23H,6-7,10H2,(H,24,25). The predicted octanol–water partition coefficient (Wildman–Crippen LogP) is 4.02. The number of hydrogen-bond donors (Lipinski definition) is 2. The number of carboxylic acids is 1. The lowest BCUT2D eigenvalue weighted by molar-refractivity contribution is 0.0679. The van der Waals surface area contributed by atoms with Crippen molar-refractivity contribution in [2.24, 2.45) is 0 Å². The molecule has 0 amide bonds. The van der Waals surface area contributed by atoms with E-state index < -0.39 is 5.97 Å². The molecule has 6 nitrogen and oxygen atoms in total.